The van der Waals surface area contributed by atoms with Crippen LogP contribution in [0, 0.1) is 37.5 Å². The molecule has 31 heavy (non-hydrogen) atoms. The number of benzene rings is 2. The van der Waals surface area contributed by atoms with Crippen LogP contribution < -0.4 is 14.8 Å². The van der Waals surface area contributed by atoms with Crippen molar-refractivity contribution in [3.8, 4) is 29.9 Å². The third-order valence-corrected chi connectivity index (χ3v) is 4.65. The summed E-state index contributed by atoms with van der Waals surface area (Å²) in [4.78, 5) is 12.7. The Bertz CT molecular complexity index is 1090. The van der Waals surface area contributed by atoms with Crippen molar-refractivity contribution < 1.29 is 14.3 Å². The molecule has 0 aliphatic carbocycles. The highest BCUT2D eigenvalue weighted by Gasteiger charge is 2.15. The number of ether oxygens (including phenoxy) is 2. The van der Waals surface area contributed by atoms with E-state index < -0.39 is 5.91 Å². The van der Waals surface area contributed by atoms with Crippen LogP contribution in [0.4, 0.5) is 5.69 Å². The molecule has 0 radical (unpaired) electrons. The third kappa shape index (κ3) is 6.01. The van der Waals surface area contributed by atoms with E-state index in [9.17, 15) is 10.1 Å². The molecule has 1 N–H and O–H groups in total. The third-order valence-electron chi connectivity index (χ3n) is 4.65. The van der Waals surface area contributed by atoms with Gasteiger partial charge in [0, 0.05) is 11.3 Å². The molecule has 0 fully saturated rings. The summed E-state index contributed by atoms with van der Waals surface area (Å²) in [7, 11) is 0. The molecule has 0 saturated carbocycles. The first-order chi connectivity index (χ1) is 14.9. The summed E-state index contributed by atoms with van der Waals surface area (Å²) in [5, 5.41) is 12.4. The Hall–Kier alpha value is -3.96. The molecule has 0 aromatic heterocycles. The maximum absolute atomic E-state index is 12.7. The minimum atomic E-state index is -0.480. The lowest BCUT2D eigenvalue weighted by molar-refractivity contribution is -0.112. The van der Waals surface area contributed by atoms with E-state index in [2.05, 4.69) is 17.8 Å². The molecular formula is C26H26N2O3. The van der Waals surface area contributed by atoms with Gasteiger partial charge in [-0.3, -0.25) is 4.79 Å². The van der Waals surface area contributed by atoms with Gasteiger partial charge in [0.1, 0.15) is 18.2 Å². The first-order valence-corrected chi connectivity index (χ1v) is 9.91. The first-order valence-electron chi connectivity index (χ1n) is 9.91. The van der Waals surface area contributed by atoms with Crippen molar-refractivity contribution in [1.82, 2.24) is 0 Å². The molecule has 0 heterocycles. The number of allylic oxidation sites excluding steroid dienone is 1. The van der Waals surface area contributed by atoms with Gasteiger partial charge in [0.25, 0.3) is 5.91 Å². The number of hydrogen-bond acceptors (Lipinski definition) is 4. The largest absolute Gasteiger partial charge is 0.490 e. The van der Waals surface area contributed by atoms with Gasteiger partial charge in [-0.15, -0.1) is 13.0 Å². The van der Waals surface area contributed by atoms with Gasteiger partial charge in [-0.25, -0.2) is 0 Å². The van der Waals surface area contributed by atoms with Gasteiger partial charge in [0.2, 0.25) is 0 Å². The van der Waals surface area contributed by atoms with Crippen LogP contribution in [0.25, 0.3) is 6.08 Å². The number of terminal acetylenes is 1. The number of nitrogens with one attached hydrogen (secondary N) is 1. The van der Waals surface area contributed by atoms with Crippen LogP contribution in [0.15, 0.2) is 48.6 Å². The van der Waals surface area contributed by atoms with Crippen LogP contribution in [-0.4, -0.2) is 19.1 Å². The second-order valence-corrected chi connectivity index (χ2v) is 6.80. The van der Waals surface area contributed by atoms with E-state index >= 15 is 0 Å². The van der Waals surface area contributed by atoms with Gasteiger partial charge >= 0.3 is 0 Å². The van der Waals surface area contributed by atoms with Crippen molar-refractivity contribution >= 4 is 17.7 Å². The van der Waals surface area contributed by atoms with Gasteiger partial charge in [-0.05, 0) is 68.2 Å². The van der Waals surface area contributed by atoms with Crippen LogP contribution in [-0.2, 0) is 11.2 Å². The first kappa shape index (κ1) is 23.3. The van der Waals surface area contributed by atoms with E-state index in [0.29, 0.717) is 35.8 Å². The molecular weight excluding hydrogens is 388 g/mol. The Morgan fingerprint density at radius 3 is 2.71 bits per heavy atom. The lowest BCUT2D eigenvalue weighted by Gasteiger charge is -2.16. The predicted octanol–water partition coefficient (Wildman–Crippen LogP) is 4.99. The van der Waals surface area contributed by atoms with Crippen molar-refractivity contribution in [3.63, 3.8) is 0 Å². The molecule has 5 nitrogen and oxygen atoms in total. The fraction of sp³-hybridized carbons (Fsp3) is 0.231. The number of carbonyl (C=O) groups excluding carboxylic acids is 1. The minimum Gasteiger partial charge on any atom is -0.490 e. The fourth-order valence-electron chi connectivity index (χ4n) is 3.01. The molecule has 0 aliphatic rings. The number of aryl methyl sites for hydroxylation is 1. The molecule has 2 aromatic rings. The molecule has 0 atom stereocenters. The monoisotopic (exact) mass is 414 g/mol. The molecule has 0 bridgehead atoms. The van der Waals surface area contributed by atoms with Crippen LogP contribution in [0.5, 0.6) is 11.5 Å². The number of nitrogens with zero attached hydrogens (tertiary/aromatic N) is 1. The number of carbonyl (C=O) groups is 1. The molecule has 2 rings (SSSR count). The van der Waals surface area contributed by atoms with Crippen LogP contribution in [0.2, 0.25) is 0 Å². The number of amides is 1. The van der Waals surface area contributed by atoms with Gasteiger partial charge < -0.3 is 14.8 Å². The van der Waals surface area contributed by atoms with E-state index in [1.54, 1.807) is 12.1 Å². The summed E-state index contributed by atoms with van der Waals surface area (Å²) >= 11 is 0. The summed E-state index contributed by atoms with van der Waals surface area (Å²) in [5.74, 6) is 3.00. The normalized spacial score (nSPS) is 10.5. The van der Waals surface area contributed by atoms with Crippen molar-refractivity contribution in [2.45, 2.75) is 27.2 Å². The number of hydrogen-bond donors (Lipinski definition) is 1. The van der Waals surface area contributed by atoms with E-state index in [1.165, 1.54) is 6.08 Å². The molecule has 0 saturated heterocycles. The average Bonchev–Trinajstić information content (AvgIpc) is 2.75. The number of rotatable bonds is 9. The van der Waals surface area contributed by atoms with E-state index in [1.807, 2.05) is 51.1 Å². The van der Waals surface area contributed by atoms with Gasteiger partial charge in [-0.2, -0.15) is 5.26 Å². The zero-order valence-corrected chi connectivity index (χ0v) is 18.1. The van der Waals surface area contributed by atoms with Crippen molar-refractivity contribution in [3.05, 3.63) is 70.8 Å². The second-order valence-electron chi connectivity index (χ2n) is 6.80. The lowest BCUT2D eigenvalue weighted by atomic mass is 10.0. The zero-order chi connectivity index (χ0) is 22.8. The molecule has 2 aromatic carbocycles. The highest BCUT2D eigenvalue weighted by atomic mass is 16.5. The molecule has 0 aliphatic heterocycles. The smallest absolute Gasteiger partial charge is 0.266 e. The van der Waals surface area contributed by atoms with Gasteiger partial charge in [0.15, 0.2) is 11.5 Å². The van der Waals surface area contributed by atoms with Crippen molar-refractivity contribution in [2.24, 2.45) is 0 Å². The standard InChI is InChI=1S/C26H26N2O3/c1-6-10-21-14-20(16-24(30-8-3)25(21)31-13-7-2)15-22(17-27)26(29)28-23-12-9-11-18(4)19(23)5/h2,6,9,11-12,14-16H,1,8,10,13H2,3-5H3,(H,28,29)/b22-15+. The Labute approximate surface area is 184 Å². The zero-order valence-electron chi connectivity index (χ0n) is 18.1. The maximum Gasteiger partial charge on any atom is 0.266 e. The van der Waals surface area contributed by atoms with Crippen LogP contribution in [0.1, 0.15) is 29.2 Å². The lowest BCUT2D eigenvalue weighted by Crippen LogP contribution is -2.14. The van der Waals surface area contributed by atoms with E-state index in [-0.39, 0.29) is 12.2 Å². The summed E-state index contributed by atoms with van der Waals surface area (Å²) in [6.07, 6.45) is 9.11. The fourth-order valence-corrected chi connectivity index (χ4v) is 3.01. The quantitative estimate of drug-likeness (QED) is 0.272. The summed E-state index contributed by atoms with van der Waals surface area (Å²) in [6.45, 7) is 10.0. The average molecular weight is 415 g/mol. The predicted molar refractivity (Wildman–Crippen MR) is 124 cm³/mol. The molecule has 158 valence electrons. The molecule has 5 heteroatoms. The van der Waals surface area contributed by atoms with Gasteiger partial charge in [-0.1, -0.05) is 24.1 Å². The Morgan fingerprint density at radius 2 is 2.06 bits per heavy atom. The number of nitriles is 1. The van der Waals surface area contributed by atoms with Crippen LogP contribution >= 0.6 is 0 Å². The second kappa shape index (κ2) is 11.3. The molecule has 1 amide bonds. The summed E-state index contributed by atoms with van der Waals surface area (Å²) < 4.78 is 11.4. The summed E-state index contributed by atoms with van der Waals surface area (Å²) in [6, 6.07) is 11.2. The molecule has 0 unspecified atom stereocenters. The maximum atomic E-state index is 12.7. The van der Waals surface area contributed by atoms with E-state index in [4.69, 9.17) is 15.9 Å². The highest BCUT2D eigenvalue weighted by molar-refractivity contribution is 6.10. The Morgan fingerprint density at radius 1 is 1.29 bits per heavy atom. The Kier molecular flexibility index (Phi) is 8.49. The van der Waals surface area contributed by atoms with Crippen LogP contribution in [0.3, 0.4) is 0 Å². The Balaban J connectivity index is 2.45. The van der Waals surface area contributed by atoms with Crippen molar-refractivity contribution in [2.75, 3.05) is 18.5 Å². The summed E-state index contributed by atoms with van der Waals surface area (Å²) in [5.41, 5.74) is 4.10. The van der Waals surface area contributed by atoms with Gasteiger partial charge in [0.05, 0.1) is 6.61 Å². The SMILES string of the molecule is C#CCOc1c(CC=C)cc(/C=C(\C#N)C(=O)Nc2cccc(C)c2C)cc1OCC. The minimum absolute atomic E-state index is 0.0230. The number of anilines is 1. The van der Waals surface area contributed by atoms with E-state index in [0.717, 1.165) is 16.7 Å². The van der Waals surface area contributed by atoms with Crippen molar-refractivity contribution in [1.29, 1.82) is 5.26 Å². The molecule has 0 spiro atoms. The highest BCUT2D eigenvalue weighted by Crippen LogP contribution is 2.34. The topological polar surface area (TPSA) is 71.3 Å².